The van der Waals surface area contributed by atoms with Crippen molar-refractivity contribution in [2.24, 2.45) is 5.92 Å². The molecule has 166 valence electrons. The van der Waals surface area contributed by atoms with Crippen LogP contribution in [0.25, 0.3) is 0 Å². The van der Waals surface area contributed by atoms with Crippen molar-refractivity contribution in [2.75, 3.05) is 19.7 Å². The summed E-state index contributed by atoms with van der Waals surface area (Å²) < 4.78 is 15.3. The van der Waals surface area contributed by atoms with Crippen LogP contribution in [0.15, 0.2) is 54.6 Å². The highest BCUT2D eigenvalue weighted by molar-refractivity contribution is 7.07. The van der Waals surface area contributed by atoms with E-state index in [9.17, 15) is 9.59 Å². The second-order valence-corrected chi connectivity index (χ2v) is 8.30. The third-order valence-corrected chi connectivity index (χ3v) is 6.00. The van der Waals surface area contributed by atoms with Crippen molar-refractivity contribution in [3.63, 3.8) is 0 Å². The van der Waals surface area contributed by atoms with Crippen molar-refractivity contribution in [1.29, 1.82) is 0 Å². The Kier molecular flexibility index (Phi) is 7.11. The minimum atomic E-state index is -0.162. The van der Waals surface area contributed by atoms with Crippen molar-refractivity contribution in [2.45, 2.75) is 26.2 Å². The molecule has 4 rings (SSSR count). The average Bonchev–Trinajstić information content (AvgIpc) is 3.26. The van der Waals surface area contributed by atoms with E-state index in [2.05, 4.69) is 9.36 Å². The monoisotopic (exact) mass is 451 g/mol. The predicted octanol–water partition coefficient (Wildman–Crippen LogP) is 4.34. The van der Waals surface area contributed by atoms with Crippen LogP contribution in [0.3, 0.4) is 0 Å². The summed E-state index contributed by atoms with van der Waals surface area (Å²) in [5, 5.41) is 0.469. The maximum Gasteiger partial charge on any atom is 0.309 e. The zero-order valence-corrected chi connectivity index (χ0v) is 18.7. The molecule has 1 fully saturated rings. The number of carbonyl (C=O) groups excluding carboxylic acids is 2. The van der Waals surface area contributed by atoms with Crippen LogP contribution in [0.5, 0.6) is 10.9 Å². The van der Waals surface area contributed by atoms with Gasteiger partial charge in [-0.3, -0.25) is 9.59 Å². The molecular weight excluding hydrogens is 426 g/mol. The molecule has 1 aromatic heterocycles. The lowest BCUT2D eigenvalue weighted by Gasteiger charge is -2.31. The molecule has 7 nitrogen and oxygen atoms in total. The summed E-state index contributed by atoms with van der Waals surface area (Å²) in [4.78, 5) is 30.9. The Bertz CT molecular complexity index is 1040. The molecular formula is C24H25N3O4S. The van der Waals surface area contributed by atoms with E-state index in [-0.39, 0.29) is 17.8 Å². The van der Waals surface area contributed by atoms with Crippen molar-refractivity contribution >= 4 is 23.4 Å². The van der Waals surface area contributed by atoms with Gasteiger partial charge in [-0.25, -0.2) is 0 Å². The Hall–Kier alpha value is -3.26. The first-order valence-electron chi connectivity index (χ1n) is 10.7. The van der Waals surface area contributed by atoms with Crippen LogP contribution in [0.2, 0.25) is 0 Å². The van der Waals surface area contributed by atoms with Gasteiger partial charge < -0.3 is 14.4 Å². The minimum absolute atomic E-state index is 0.0417. The van der Waals surface area contributed by atoms with Crippen LogP contribution in [0.4, 0.5) is 0 Å². The fourth-order valence-electron chi connectivity index (χ4n) is 3.66. The van der Waals surface area contributed by atoms with E-state index in [0.29, 0.717) is 61.3 Å². The van der Waals surface area contributed by atoms with E-state index in [4.69, 9.17) is 9.47 Å². The van der Waals surface area contributed by atoms with Gasteiger partial charge in [0.1, 0.15) is 5.75 Å². The molecule has 8 heteroatoms. The zero-order valence-electron chi connectivity index (χ0n) is 17.9. The number of ether oxygens (including phenoxy) is 2. The van der Waals surface area contributed by atoms with Crippen LogP contribution >= 0.6 is 11.5 Å². The second-order valence-electron chi connectivity index (χ2n) is 7.58. The summed E-state index contributed by atoms with van der Waals surface area (Å²) in [5.41, 5.74) is 1.74. The molecule has 1 amide bonds. The number of piperidine rings is 1. The Morgan fingerprint density at radius 1 is 1.06 bits per heavy atom. The number of hydrogen-bond acceptors (Lipinski definition) is 7. The standard InChI is InChI=1S/C24H25N3O4S/c1-2-30-23(29)19-12-14-27(15-13-19)22(28)18-8-10-20(11-9-18)31-24-25-21(26-32-24)16-17-6-4-3-5-7-17/h3-11,19H,2,12-16H2,1H3. The van der Waals surface area contributed by atoms with Gasteiger partial charge in [0.15, 0.2) is 5.82 Å². The van der Waals surface area contributed by atoms with Gasteiger partial charge in [-0.2, -0.15) is 9.36 Å². The first kappa shape index (κ1) is 22.0. The van der Waals surface area contributed by atoms with Crippen LogP contribution in [0.1, 0.15) is 41.5 Å². The van der Waals surface area contributed by atoms with Gasteiger partial charge in [0.2, 0.25) is 0 Å². The van der Waals surface area contributed by atoms with Crippen molar-refractivity contribution in [3.05, 3.63) is 71.5 Å². The average molecular weight is 452 g/mol. The number of nitrogens with zero attached hydrogens (tertiary/aromatic N) is 3. The Balaban J connectivity index is 1.31. The number of likely N-dealkylation sites (tertiary alicyclic amines) is 1. The number of carbonyl (C=O) groups is 2. The van der Waals surface area contributed by atoms with Crippen molar-refractivity contribution < 1.29 is 19.1 Å². The van der Waals surface area contributed by atoms with Crippen LogP contribution in [-0.4, -0.2) is 45.8 Å². The summed E-state index contributed by atoms with van der Waals surface area (Å²) in [6.45, 7) is 3.29. The number of esters is 1. The number of benzene rings is 2. The van der Waals surface area contributed by atoms with E-state index < -0.39 is 0 Å². The van der Waals surface area contributed by atoms with Crippen molar-refractivity contribution in [1.82, 2.24) is 14.3 Å². The highest BCUT2D eigenvalue weighted by atomic mass is 32.1. The topological polar surface area (TPSA) is 81.6 Å². The fraction of sp³-hybridized carbons (Fsp3) is 0.333. The molecule has 0 atom stereocenters. The van der Waals surface area contributed by atoms with Gasteiger partial charge in [-0.05, 0) is 49.6 Å². The lowest BCUT2D eigenvalue weighted by atomic mass is 9.96. The molecule has 0 bridgehead atoms. The molecule has 3 aromatic rings. The van der Waals surface area contributed by atoms with Gasteiger partial charge in [-0.15, -0.1) is 0 Å². The maximum atomic E-state index is 12.8. The quantitative estimate of drug-likeness (QED) is 0.497. The molecule has 0 N–H and O–H groups in total. The normalized spacial score (nSPS) is 14.2. The molecule has 0 saturated carbocycles. The van der Waals surface area contributed by atoms with Crippen LogP contribution in [-0.2, 0) is 16.0 Å². The van der Waals surface area contributed by atoms with Gasteiger partial charge in [0.25, 0.3) is 11.1 Å². The first-order valence-corrected chi connectivity index (χ1v) is 11.5. The highest BCUT2D eigenvalue weighted by Gasteiger charge is 2.28. The molecule has 0 unspecified atom stereocenters. The summed E-state index contributed by atoms with van der Waals surface area (Å²) in [6, 6.07) is 17.1. The lowest BCUT2D eigenvalue weighted by molar-refractivity contribution is -0.149. The number of hydrogen-bond donors (Lipinski definition) is 0. The SMILES string of the molecule is CCOC(=O)C1CCN(C(=O)c2ccc(Oc3nc(Cc4ccccc4)ns3)cc2)CC1. The maximum absolute atomic E-state index is 12.8. The third kappa shape index (κ3) is 5.50. The largest absolute Gasteiger partial charge is 0.466 e. The van der Waals surface area contributed by atoms with E-state index in [1.54, 1.807) is 36.1 Å². The highest BCUT2D eigenvalue weighted by Crippen LogP contribution is 2.25. The lowest BCUT2D eigenvalue weighted by Crippen LogP contribution is -2.40. The van der Waals surface area contributed by atoms with E-state index in [0.717, 1.165) is 5.56 Å². The van der Waals surface area contributed by atoms with E-state index >= 15 is 0 Å². The Morgan fingerprint density at radius 2 is 1.78 bits per heavy atom. The molecule has 1 aliphatic rings. The number of amides is 1. The summed E-state index contributed by atoms with van der Waals surface area (Å²) in [7, 11) is 0. The Labute approximate surface area is 191 Å². The van der Waals surface area contributed by atoms with Gasteiger partial charge in [-0.1, -0.05) is 30.3 Å². The number of rotatable bonds is 7. The summed E-state index contributed by atoms with van der Waals surface area (Å²) >= 11 is 1.21. The second kappa shape index (κ2) is 10.4. The molecule has 2 aromatic carbocycles. The number of aromatic nitrogens is 2. The summed E-state index contributed by atoms with van der Waals surface area (Å²) in [5.74, 6) is 0.997. The van der Waals surface area contributed by atoms with Crippen LogP contribution < -0.4 is 4.74 Å². The fourth-order valence-corrected chi connectivity index (χ4v) is 4.23. The Morgan fingerprint density at radius 3 is 2.47 bits per heavy atom. The van der Waals surface area contributed by atoms with Gasteiger partial charge in [0, 0.05) is 36.6 Å². The molecule has 0 spiro atoms. The van der Waals surface area contributed by atoms with E-state index in [1.165, 1.54) is 11.5 Å². The van der Waals surface area contributed by atoms with Crippen molar-refractivity contribution in [3.8, 4) is 10.9 Å². The molecule has 1 aliphatic heterocycles. The molecule has 1 saturated heterocycles. The smallest absolute Gasteiger partial charge is 0.309 e. The summed E-state index contributed by atoms with van der Waals surface area (Å²) in [6.07, 6.45) is 1.92. The zero-order chi connectivity index (χ0) is 22.3. The van der Waals surface area contributed by atoms with Crippen LogP contribution in [0, 0.1) is 5.92 Å². The molecule has 0 radical (unpaired) electrons. The van der Waals surface area contributed by atoms with Gasteiger partial charge in [0.05, 0.1) is 12.5 Å². The first-order chi connectivity index (χ1) is 15.6. The predicted molar refractivity (Wildman–Crippen MR) is 121 cm³/mol. The third-order valence-electron chi connectivity index (χ3n) is 5.36. The molecule has 32 heavy (non-hydrogen) atoms. The van der Waals surface area contributed by atoms with Gasteiger partial charge >= 0.3 is 5.97 Å². The van der Waals surface area contributed by atoms with E-state index in [1.807, 2.05) is 30.3 Å². The molecule has 0 aliphatic carbocycles. The molecule has 2 heterocycles. The minimum Gasteiger partial charge on any atom is -0.466 e.